The van der Waals surface area contributed by atoms with Crippen LogP contribution in [0.3, 0.4) is 0 Å². The molecule has 0 radical (unpaired) electrons. The Morgan fingerprint density at radius 1 is 1.38 bits per heavy atom. The van der Waals surface area contributed by atoms with Gasteiger partial charge in [-0.1, -0.05) is 0 Å². The summed E-state index contributed by atoms with van der Waals surface area (Å²) in [7, 11) is -1.40. The number of hydrogen-bond donors (Lipinski definition) is 1. The molecule has 0 amide bonds. The van der Waals surface area contributed by atoms with Crippen LogP contribution in [-0.2, 0) is 10.8 Å². The third-order valence-corrected chi connectivity index (χ3v) is 3.83. The quantitative estimate of drug-likeness (QED) is 0.857. The molecule has 1 aromatic carbocycles. The van der Waals surface area contributed by atoms with Gasteiger partial charge in [-0.25, -0.2) is 8.78 Å². The van der Waals surface area contributed by atoms with E-state index in [0.29, 0.717) is 18.3 Å². The molecule has 1 atom stereocenters. The summed E-state index contributed by atoms with van der Waals surface area (Å²) in [6.07, 6.45) is 2.33. The van der Waals surface area contributed by atoms with E-state index >= 15 is 0 Å². The first kappa shape index (κ1) is 11.7. The first-order valence-electron chi connectivity index (χ1n) is 5.23. The third-order valence-electron chi connectivity index (χ3n) is 2.44. The largest absolute Gasteiger partial charge is 0.313 e. The van der Waals surface area contributed by atoms with Crippen molar-refractivity contribution in [3.8, 4) is 0 Å². The molecular formula is C11H13F2NOS. The highest BCUT2D eigenvalue weighted by molar-refractivity contribution is 7.85. The Labute approximate surface area is 95.5 Å². The van der Waals surface area contributed by atoms with Crippen LogP contribution >= 0.6 is 0 Å². The van der Waals surface area contributed by atoms with Gasteiger partial charge in [-0.05, 0) is 25.0 Å². The lowest BCUT2D eigenvalue weighted by atomic mass is 10.3. The molecule has 0 spiro atoms. The highest BCUT2D eigenvalue weighted by atomic mass is 32.2. The Morgan fingerprint density at radius 3 is 2.75 bits per heavy atom. The van der Waals surface area contributed by atoms with Crippen molar-refractivity contribution in [2.45, 2.75) is 23.8 Å². The summed E-state index contributed by atoms with van der Waals surface area (Å²) < 4.78 is 37.6. The molecule has 16 heavy (non-hydrogen) atoms. The Kier molecular flexibility index (Phi) is 3.66. The topological polar surface area (TPSA) is 29.1 Å². The first-order chi connectivity index (χ1) is 7.66. The zero-order chi connectivity index (χ0) is 11.5. The van der Waals surface area contributed by atoms with Gasteiger partial charge in [0.25, 0.3) is 0 Å². The van der Waals surface area contributed by atoms with Gasteiger partial charge in [0.05, 0.1) is 15.7 Å². The van der Waals surface area contributed by atoms with Crippen LogP contribution in [0.4, 0.5) is 8.78 Å². The Balaban J connectivity index is 1.91. The van der Waals surface area contributed by atoms with Crippen molar-refractivity contribution in [3.63, 3.8) is 0 Å². The van der Waals surface area contributed by atoms with Crippen LogP contribution in [0, 0.1) is 11.6 Å². The van der Waals surface area contributed by atoms with Gasteiger partial charge in [0.1, 0.15) is 11.6 Å². The molecule has 0 bridgehead atoms. The maximum atomic E-state index is 13.2. The Bertz CT molecular complexity index is 407. The number of halogens is 2. The fourth-order valence-corrected chi connectivity index (χ4v) is 2.43. The van der Waals surface area contributed by atoms with E-state index in [0.717, 1.165) is 25.0 Å². The monoisotopic (exact) mass is 245 g/mol. The van der Waals surface area contributed by atoms with Gasteiger partial charge in [-0.2, -0.15) is 0 Å². The molecule has 1 aliphatic rings. The van der Waals surface area contributed by atoms with Crippen LogP contribution in [0.25, 0.3) is 0 Å². The van der Waals surface area contributed by atoms with Gasteiger partial charge in [-0.3, -0.25) is 4.21 Å². The molecule has 1 N–H and O–H groups in total. The molecule has 1 fully saturated rings. The lowest BCUT2D eigenvalue weighted by Crippen LogP contribution is -2.22. The van der Waals surface area contributed by atoms with Crippen molar-refractivity contribution >= 4 is 10.8 Å². The van der Waals surface area contributed by atoms with Crippen LogP contribution in [0.5, 0.6) is 0 Å². The van der Waals surface area contributed by atoms with Crippen molar-refractivity contribution in [1.29, 1.82) is 0 Å². The molecule has 2 nitrogen and oxygen atoms in total. The highest BCUT2D eigenvalue weighted by Gasteiger charge is 2.20. The standard InChI is InChI=1S/C11H13F2NOS/c12-8-1-4-11(10(13)7-8)16(15)6-5-14-9-2-3-9/h1,4,7,9,14H,2-3,5-6H2. The second kappa shape index (κ2) is 5.01. The van der Waals surface area contributed by atoms with Crippen molar-refractivity contribution < 1.29 is 13.0 Å². The summed E-state index contributed by atoms with van der Waals surface area (Å²) in [5, 5.41) is 3.20. The second-order valence-electron chi connectivity index (χ2n) is 3.85. The van der Waals surface area contributed by atoms with E-state index in [1.165, 1.54) is 6.07 Å². The van der Waals surface area contributed by atoms with Crippen LogP contribution in [-0.4, -0.2) is 22.5 Å². The van der Waals surface area contributed by atoms with Crippen molar-refractivity contribution in [2.75, 3.05) is 12.3 Å². The molecule has 2 rings (SSSR count). The Morgan fingerprint density at radius 2 is 2.12 bits per heavy atom. The summed E-state index contributed by atoms with van der Waals surface area (Å²) in [5.74, 6) is -1.02. The number of nitrogens with one attached hydrogen (secondary N) is 1. The average Bonchev–Trinajstić information content (AvgIpc) is 3.01. The zero-order valence-corrected chi connectivity index (χ0v) is 9.53. The van der Waals surface area contributed by atoms with Crippen LogP contribution in [0.15, 0.2) is 23.1 Å². The van der Waals surface area contributed by atoms with E-state index in [1.807, 2.05) is 0 Å². The fourth-order valence-electron chi connectivity index (χ4n) is 1.41. The van der Waals surface area contributed by atoms with E-state index in [-0.39, 0.29) is 4.90 Å². The molecule has 1 aliphatic carbocycles. The van der Waals surface area contributed by atoms with Crippen molar-refractivity contribution in [3.05, 3.63) is 29.8 Å². The SMILES string of the molecule is O=S(CCNC1CC1)c1ccc(F)cc1F. The molecule has 0 aromatic heterocycles. The summed E-state index contributed by atoms with van der Waals surface area (Å²) in [5.41, 5.74) is 0. The maximum absolute atomic E-state index is 13.2. The molecular weight excluding hydrogens is 232 g/mol. The lowest BCUT2D eigenvalue weighted by Gasteiger charge is -2.04. The van der Waals surface area contributed by atoms with Gasteiger partial charge in [0.2, 0.25) is 0 Å². The molecule has 88 valence electrons. The van der Waals surface area contributed by atoms with Crippen LogP contribution < -0.4 is 5.32 Å². The molecule has 0 heterocycles. The minimum absolute atomic E-state index is 0.0824. The predicted octanol–water partition coefficient (Wildman–Crippen LogP) is 1.82. The summed E-state index contributed by atoms with van der Waals surface area (Å²) in [6.45, 7) is 0.605. The molecule has 0 aliphatic heterocycles. The zero-order valence-electron chi connectivity index (χ0n) is 8.71. The molecule has 0 saturated heterocycles. The third kappa shape index (κ3) is 3.09. The number of hydrogen-bond acceptors (Lipinski definition) is 2. The minimum atomic E-state index is -1.40. The second-order valence-corrected chi connectivity index (χ2v) is 5.39. The summed E-state index contributed by atoms with van der Waals surface area (Å²) >= 11 is 0. The summed E-state index contributed by atoms with van der Waals surface area (Å²) in [6, 6.07) is 3.69. The van der Waals surface area contributed by atoms with E-state index in [2.05, 4.69) is 5.32 Å². The maximum Gasteiger partial charge on any atom is 0.142 e. The lowest BCUT2D eigenvalue weighted by molar-refractivity contribution is 0.562. The van der Waals surface area contributed by atoms with Crippen molar-refractivity contribution in [2.24, 2.45) is 0 Å². The first-order valence-corrected chi connectivity index (χ1v) is 6.55. The molecule has 1 aromatic rings. The minimum Gasteiger partial charge on any atom is -0.313 e. The van der Waals surface area contributed by atoms with Crippen LogP contribution in [0.2, 0.25) is 0 Å². The van der Waals surface area contributed by atoms with E-state index in [9.17, 15) is 13.0 Å². The van der Waals surface area contributed by atoms with Crippen LogP contribution in [0.1, 0.15) is 12.8 Å². The van der Waals surface area contributed by atoms with Gasteiger partial charge in [-0.15, -0.1) is 0 Å². The van der Waals surface area contributed by atoms with E-state index in [4.69, 9.17) is 0 Å². The van der Waals surface area contributed by atoms with Crippen molar-refractivity contribution in [1.82, 2.24) is 5.32 Å². The average molecular weight is 245 g/mol. The number of benzene rings is 1. The predicted molar refractivity (Wildman–Crippen MR) is 58.7 cm³/mol. The number of rotatable bonds is 5. The highest BCUT2D eigenvalue weighted by Crippen LogP contribution is 2.18. The van der Waals surface area contributed by atoms with E-state index in [1.54, 1.807) is 0 Å². The van der Waals surface area contributed by atoms with Gasteiger partial charge in [0.15, 0.2) is 0 Å². The van der Waals surface area contributed by atoms with E-state index < -0.39 is 22.4 Å². The van der Waals surface area contributed by atoms with Gasteiger partial charge < -0.3 is 5.32 Å². The normalized spacial score (nSPS) is 17.4. The summed E-state index contributed by atoms with van der Waals surface area (Å²) in [4.78, 5) is 0.0824. The van der Waals surface area contributed by atoms with Gasteiger partial charge >= 0.3 is 0 Å². The smallest absolute Gasteiger partial charge is 0.142 e. The molecule has 1 saturated carbocycles. The molecule has 5 heteroatoms. The Hall–Kier alpha value is -0.810. The molecule has 1 unspecified atom stereocenters. The fraction of sp³-hybridized carbons (Fsp3) is 0.455. The van der Waals surface area contributed by atoms with Gasteiger partial charge in [0, 0.05) is 24.4 Å².